The van der Waals surface area contributed by atoms with Gasteiger partial charge < -0.3 is 24.1 Å². The highest BCUT2D eigenvalue weighted by Crippen LogP contribution is 2.27. The second-order valence-corrected chi connectivity index (χ2v) is 5.01. The SMILES string of the molecule is COc1cccc(O[C@H](Cc2cc(OC)ccc2OC)C(=O)O)c1. The zero-order valence-electron chi connectivity index (χ0n) is 13.8. The van der Waals surface area contributed by atoms with Crippen LogP contribution in [0.1, 0.15) is 5.56 Å². The van der Waals surface area contributed by atoms with Crippen molar-refractivity contribution in [2.45, 2.75) is 12.5 Å². The number of carbonyl (C=O) groups is 1. The molecule has 1 N–H and O–H groups in total. The smallest absolute Gasteiger partial charge is 0.345 e. The molecule has 0 radical (unpaired) electrons. The van der Waals surface area contributed by atoms with E-state index in [2.05, 4.69) is 0 Å². The Balaban J connectivity index is 2.24. The molecule has 2 aromatic carbocycles. The lowest BCUT2D eigenvalue weighted by atomic mass is 10.1. The molecule has 24 heavy (non-hydrogen) atoms. The Morgan fingerprint density at radius 2 is 1.62 bits per heavy atom. The molecule has 128 valence electrons. The van der Waals surface area contributed by atoms with Crippen molar-refractivity contribution in [3.8, 4) is 23.0 Å². The Kier molecular flexibility index (Phi) is 5.89. The van der Waals surface area contributed by atoms with Crippen molar-refractivity contribution >= 4 is 5.97 Å². The van der Waals surface area contributed by atoms with Gasteiger partial charge in [-0.2, -0.15) is 0 Å². The third-order valence-corrected chi connectivity index (χ3v) is 3.49. The maximum atomic E-state index is 11.6. The first-order valence-corrected chi connectivity index (χ1v) is 7.31. The zero-order valence-corrected chi connectivity index (χ0v) is 13.8. The summed E-state index contributed by atoms with van der Waals surface area (Å²) in [6.45, 7) is 0. The Hall–Kier alpha value is -2.89. The third-order valence-electron chi connectivity index (χ3n) is 3.49. The molecular formula is C18H20O6. The fourth-order valence-corrected chi connectivity index (χ4v) is 2.26. The van der Waals surface area contributed by atoms with Gasteiger partial charge in [-0.3, -0.25) is 0 Å². The summed E-state index contributed by atoms with van der Waals surface area (Å²) in [6.07, 6.45) is -0.939. The van der Waals surface area contributed by atoms with Gasteiger partial charge in [-0.1, -0.05) is 6.07 Å². The van der Waals surface area contributed by atoms with Crippen molar-refractivity contribution < 1.29 is 28.8 Å². The molecule has 0 bridgehead atoms. The predicted molar refractivity (Wildman–Crippen MR) is 88.3 cm³/mol. The highest BCUT2D eigenvalue weighted by Gasteiger charge is 2.22. The molecule has 0 spiro atoms. The lowest BCUT2D eigenvalue weighted by molar-refractivity contribution is -0.145. The lowest BCUT2D eigenvalue weighted by Gasteiger charge is -2.17. The lowest BCUT2D eigenvalue weighted by Crippen LogP contribution is -2.29. The van der Waals surface area contributed by atoms with Crippen LogP contribution in [0.3, 0.4) is 0 Å². The number of ether oxygens (including phenoxy) is 4. The van der Waals surface area contributed by atoms with E-state index in [1.54, 1.807) is 49.6 Å². The number of hydrogen-bond acceptors (Lipinski definition) is 5. The van der Waals surface area contributed by atoms with Crippen LogP contribution in [0.2, 0.25) is 0 Å². The molecule has 6 heteroatoms. The van der Waals surface area contributed by atoms with E-state index < -0.39 is 12.1 Å². The summed E-state index contributed by atoms with van der Waals surface area (Å²) in [4.78, 5) is 11.6. The summed E-state index contributed by atoms with van der Waals surface area (Å²) >= 11 is 0. The first kappa shape index (κ1) is 17.5. The van der Waals surface area contributed by atoms with Gasteiger partial charge in [0.25, 0.3) is 0 Å². The molecule has 2 rings (SSSR count). The summed E-state index contributed by atoms with van der Waals surface area (Å²) in [6, 6.07) is 12.0. The molecule has 0 saturated heterocycles. The third kappa shape index (κ3) is 4.32. The minimum Gasteiger partial charge on any atom is -0.497 e. The number of benzene rings is 2. The van der Waals surface area contributed by atoms with Gasteiger partial charge in [0.1, 0.15) is 23.0 Å². The van der Waals surface area contributed by atoms with Crippen LogP contribution in [0, 0.1) is 0 Å². The molecule has 2 aromatic rings. The summed E-state index contributed by atoms with van der Waals surface area (Å²) < 4.78 is 21.2. The minimum atomic E-state index is -1.07. The van der Waals surface area contributed by atoms with E-state index in [0.717, 1.165) is 0 Å². The molecule has 6 nitrogen and oxygen atoms in total. The van der Waals surface area contributed by atoms with Crippen molar-refractivity contribution in [2.24, 2.45) is 0 Å². The van der Waals surface area contributed by atoms with Crippen LogP contribution >= 0.6 is 0 Å². The molecule has 0 saturated carbocycles. The van der Waals surface area contributed by atoms with E-state index in [9.17, 15) is 9.90 Å². The van der Waals surface area contributed by atoms with Crippen molar-refractivity contribution in [2.75, 3.05) is 21.3 Å². The molecule has 0 fully saturated rings. The van der Waals surface area contributed by atoms with Crippen LogP contribution < -0.4 is 18.9 Å². The summed E-state index contributed by atoms with van der Waals surface area (Å²) in [7, 11) is 4.62. The summed E-state index contributed by atoms with van der Waals surface area (Å²) in [5, 5.41) is 9.48. The Morgan fingerprint density at radius 3 is 2.25 bits per heavy atom. The molecule has 0 unspecified atom stereocenters. The average molecular weight is 332 g/mol. The normalized spacial score (nSPS) is 11.5. The van der Waals surface area contributed by atoms with Crippen LogP contribution in [0.15, 0.2) is 42.5 Å². The molecule has 0 amide bonds. The number of aliphatic carboxylic acids is 1. The summed E-state index contributed by atoms with van der Waals surface area (Å²) in [5.41, 5.74) is 0.687. The molecule has 0 aliphatic heterocycles. The van der Waals surface area contributed by atoms with E-state index >= 15 is 0 Å². The molecular weight excluding hydrogens is 312 g/mol. The highest BCUT2D eigenvalue weighted by atomic mass is 16.5. The van der Waals surface area contributed by atoms with Gasteiger partial charge in [0.05, 0.1) is 21.3 Å². The number of hydrogen-bond donors (Lipinski definition) is 1. The van der Waals surface area contributed by atoms with Crippen molar-refractivity contribution in [1.82, 2.24) is 0 Å². The van der Waals surface area contributed by atoms with Crippen molar-refractivity contribution in [1.29, 1.82) is 0 Å². The number of methoxy groups -OCH3 is 3. The largest absolute Gasteiger partial charge is 0.497 e. The fraction of sp³-hybridized carbons (Fsp3) is 0.278. The molecule has 0 aliphatic rings. The molecule has 1 atom stereocenters. The van der Waals surface area contributed by atoms with E-state index in [-0.39, 0.29) is 6.42 Å². The fourth-order valence-electron chi connectivity index (χ4n) is 2.26. The number of carboxylic acid groups (broad SMARTS) is 1. The van der Waals surface area contributed by atoms with E-state index in [0.29, 0.717) is 28.6 Å². The maximum Gasteiger partial charge on any atom is 0.345 e. The number of carboxylic acids is 1. The molecule has 0 heterocycles. The van der Waals surface area contributed by atoms with Crippen molar-refractivity contribution in [3.63, 3.8) is 0 Å². The van der Waals surface area contributed by atoms with E-state index in [1.807, 2.05) is 0 Å². The van der Waals surface area contributed by atoms with Gasteiger partial charge in [-0.05, 0) is 30.3 Å². The Labute approximate surface area is 140 Å². The van der Waals surface area contributed by atoms with Crippen LogP contribution in [0.25, 0.3) is 0 Å². The minimum absolute atomic E-state index is 0.132. The molecule has 0 aromatic heterocycles. The van der Waals surface area contributed by atoms with Crippen LogP contribution in [-0.2, 0) is 11.2 Å². The second kappa shape index (κ2) is 8.10. The quantitative estimate of drug-likeness (QED) is 0.801. The average Bonchev–Trinajstić information content (AvgIpc) is 2.61. The Bertz CT molecular complexity index is 698. The van der Waals surface area contributed by atoms with Gasteiger partial charge in [0.2, 0.25) is 0 Å². The van der Waals surface area contributed by atoms with Gasteiger partial charge in [-0.25, -0.2) is 4.79 Å². The van der Waals surface area contributed by atoms with Gasteiger partial charge in [-0.15, -0.1) is 0 Å². The molecule has 0 aliphatic carbocycles. The standard InChI is InChI=1S/C18H20O6/c1-21-13-5-4-6-15(11-13)24-17(18(19)20)10-12-9-14(22-2)7-8-16(12)23-3/h4-9,11,17H,10H2,1-3H3,(H,19,20)/t17-/m1/s1. The monoisotopic (exact) mass is 332 g/mol. The van der Waals surface area contributed by atoms with Crippen LogP contribution in [-0.4, -0.2) is 38.5 Å². The first-order chi connectivity index (χ1) is 11.6. The van der Waals surface area contributed by atoms with Crippen molar-refractivity contribution in [3.05, 3.63) is 48.0 Å². The summed E-state index contributed by atoms with van der Waals surface area (Å²) in [5.74, 6) is 1.15. The van der Waals surface area contributed by atoms with Gasteiger partial charge in [0.15, 0.2) is 6.10 Å². The maximum absolute atomic E-state index is 11.6. The van der Waals surface area contributed by atoms with E-state index in [1.165, 1.54) is 14.2 Å². The van der Waals surface area contributed by atoms with E-state index in [4.69, 9.17) is 18.9 Å². The zero-order chi connectivity index (χ0) is 17.5. The second-order valence-electron chi connectivity index (χ2n) is 5.01. The predicted octanol–water partition coefficient (Wildman–Crippen LogP) is 2.79. The van der Waals surface area contributed by atoms with Gasteiger partial charge in [0, 0.05) is 18.1 Å². The highest BCUT2D eigenvalue weighted by molar-refractivity contribution is 5.73. The number of rotatable bonds is 8. The first-order valence-electron chi connectivity index (χ1n) is 7.31. The Morgan fingerprint density at radius 1 is 0.958 bits per heavy atom. The van der Waals surface area contributed by atoms with Gasteiger partial charge >= 0.3 is 5.97 Å². The topological polar surface area (TPSA) is 74.2 Å². The van der Waals surface area contributed by atoms with Crippen LogP contribution in [0.4, 0.5) is 0 Å². The van der Waals surface area contributed by atoms with Crippen LogP contribution in [0.5, 0.6) is 23.0 Å².